The summed E-state index contributed by atoms with van der Waals surface area (Å²) in [5, 5.41) is 10.5. The van der Waals surface area contributed by atoms with Crippen molar-refractivity contribution in [1.82, 2.24) is 0 Å². The fraction of sp³-hybridized carbons (Fsp3) is 0.423. The summed E-state index contributed by atoms with van der Waals surface area (Å²) in [4.78, 5) is 35.3. The minimum atomic E-state index is -0.403. The van der Waals surface area contributed by atoms with Crippen LogP contribution in [0, 0.1) is 0 Å². The third-order valence-electron chi connectivity index (χ3n) is 5.72. The second kappa shape index (κ2) is 11.0. The Morgan fingerprint density at radius 1 is 1.15 bits per heavy atom. The van der Waals surface area contributed by atoms with Gasteiger partial charge in [-0.15, -0.1) is 0 Å². The topological polar surface area (TPSA) is 99.1 Å². The minimum Gasteiger partial charge on any atom is -0.507 e. The van der Waals surface area contributed by atoms with Crippen molar-refractivity contribution in [3.63, 3.8) is 0 Å². The highest BCUT2D eigenvalue weighted by molar-refractivity contribution is 5.98. The van der Waals surface area contributed by atoms with Gasteiger partial charge in [0.15, 0.2) is 11.6 Å². The molecular weight excluding hydrogens is 424 g/mol. The van der Waals surface area contributed by atoms with Crippen LogP contribution in [0.15, 0.2) is 30.3 Å². The molecule has 33 heavy (non-hydrogen) atoms. The van der Waals surface area contributed by atoms with Gasteiger partial charge in [-0.25, -0.2) is 0 Å². The smallest absolute Gasteiger partial charge is 0.305 e. The fourth-order valence-corrected chi connectivity index (χ4v) is 3.95. The van der Waals surface area contributed by atoms with Gasteiger partial charge in [-0.1, -0.05) is 13.3 Å². The van der Waals surface area contributed by atoms with E-state index in [2.05, 4.69) is 4.74 Å². The Balaban J connectivity index is 1.58. The van der Waals surface area contributed by atoms with E-state index in [9.17, 15) is 19.5 Å². The van der Waals surface area contributed by atoms with E-state index in [4.69, 9.17) is 9.47 Å². The average Bonchev–Trinajstić information content (AvgIpc) is 3.21. The maximum Gasteiger partial charge on any atom is 0.305 e. The van der Waals surface area contributed by atoms with Crippen LogP contribution in [0.2, 0.25) is 0 Å². The van der Waals surface area contributed by atoms with Crippen LogP contribution in [0.25, 0.3) is 0 Å². The van der Waals surface area contributed by atoms with Crippen LogP contribution < -0.4 is 9.47 Å². The lowest BCUT2D eigenvalue weighted by atomic mass is 10.0. The minimum absolute atomic E-state index is 0.00392. The van der Waals surface area contributed by atoms with Gasteiger partial charge < -0.3 is 19.3 Å². The molecule has 0 aromatic heterocycles. The van der Waals surface area contributed by atoms with E-state index < -0.39 is 5.97 Å². The second-order valence-electron chi connectivity index (χ2n) is 8.15. The summed E-state index contributed by atoms with van der Waals surface area (Å²) < 4.78 is 16.5. The Labute approximate surface area is 193 Å². The normalized spacial score (nSPS) is 14.3. The first kappa shape index (κ1) is 24.3. The molecule has 0 saturated heterocycles. The van der Waals surface area contributed by atoms with E-state index in [0.717, 1.165) is 17.7 Å². The quantitative estimate of drug-likeness (QED) is 0.395. The summed E-state index contributed by atoms with van der Waals surface area (Å²) in [6.07, 6.45) is 2.80. The molecule has 3 rings (SSSR count). The number of methoxy groups -OCH3 is 1. The van der Waals surface area contributed by atoms with Gasteiger partial charge in [-0.3, -0.25) is 14.4 Å². The lowest BCUT2D eigenvalue weighted by Gasteiger charge is -2.16. The molecule has 7 nitrogen and oxygen atoms in total. The lowest BCUT2D eigenvalue weighted by Crippen LogP contribution is -2.17. The molecular formula is C26H30O7. The Kier molecular flexibility index (Phi) is 8.09. The second-order valence-corrected chi connectivity index (χ2v) is 8.15. The summed E-state index contributed by atoms with van der Waals surface area (Å²) in [5.74, 6) is 0.631. The number of aromatic hydroxyl groups is 1. The molecule has 0 saturated carbocycles. The molecule has 1 heterocycles. The maximum absolute atomic E-state index is 12.3. The van der Waals surface area contributed by atoms with Crippen molar-refractivity contribution in [1.29, 1.82) is 0 Å². The molecule has 7 heteroatoms. The van der Waals surface area contributed by atoms with Crippen molar-refractivity contribution in [3.8, 4) is 17.2 Å². The molecule has 1 N–H and O–H groups in total. The fourth-order valence-electron chi connectivity index (χ4n) is 3.95. The Morgan fingerprint density at radius 3 is 2.64 bits per heavy atom. The van der Waals surface area contributed by atoms with Crippen LogP contribution in [-0.2, 0) is 22.4 Å². The molecule has 176 valence electrons. The van der Waals surface area contributed by atoms with Gasteiger partial charge in [-0.05, 0) is 49.2 Å². The van der Waals surface area contributed by atoms with Crippen molar-refractivity contribution in [2.24, 2.45) is 0 Å². The highest BCUT2D eigenvalue weighted by atomic mass is 16.5. The summed E-state index contributed by atoms with van der Waals surface area (Å²) in [5.41, 5.74) is 2.47. The zero-order valence-electron chi connectivity index (χ0n) is 19.3. The van der Waals surface area contributed by atoms with Crippen LogP contribution in [0.5, 0.6) is 17.2 Å². The largest absolute Gasteiger partial charge is 0.507 e. The van der Waals surface area contributed by atoms with Gasteiger partial charge in [0.1, 0.15) is 23.4 Å². The van der Waals surface area contributed by atoms with Gasteiger partial charge in [0.2, 0.25) is 0 Å². The zero-order chi connectivity index (χ0) is 24.0. The number of hydrogen-bond donors (Lipinski definition) is 1. The standard InChI is InChI=1S/C26H30O7/c1-4-5-21-24(10-7-20(16(2)27)26(21)30)32-13-12-19-15-18-14-17(6-9-23(18)33-19)22(28)8-11-25(29)31-3/h6-7,9-10,14,19,30H,4-5,8,11-13,15H2,1-3H3. The Bertz CT molecular complexity index is 1040. The number of esters is 1. The van der Waals surface area contributed by atoms with E-state index in [1.54, 1.807) is 24.3 Å². The molecule has 2 aromatic rings. The number of phenols is 1. The van der Waals surface area contributed by atoms with Crippen molar-refractivity contribution in [2.75, 3.05) is 13.7 Å². The average molecular weight is 455 g/mol. The van der Waals surface area contributed by atoms with Crippen molar-refractivity contribution in [2.45, 2.75) is 58.5 Å². The molecule has 0 radical (unpaired) electrons. The molecule has 2 aromatic carbocycles. The highest BCUT2D eigenvalue weighted by Gasteiger charge is 2.24. The number of carbonyl (C=O) groups excluding carboxylic acids is 3. The molecule has 0 fully saturated rings. The molecule has 0 spiro atoms. The predicted molar refractivity (Wildman–Crippen MR) is 122 cm³/mol. The van der Waals surface area contributed by atoms with Gasteiger partial charge in [0.25, 0.3) is 0 Å². The van der Waals surface area contributed by atoms with E-state index in [1.807, 2.05) is 13.0 Å². The van der Waals surface area contributed by atoms with E-state index in [0.29, 0.717) is 48.3 Å². The molecule has 1 atom stereocenters. The number of phenolic OH excluding ortho intramolecular Hbond substituents is 1. The van der Waals surface area contributed by atoms with Crippen LogP contribution in [0.3, 0.4) is 0 Å². The zero-order valence-corrected chi connectivity index (χ0v) is 19.3. The summed E-state index contributed by atoms with van der Waals surface area (Å²) in [7, 11) is 1.30. The predicted octanol–water partition coefficient (Wildman–Crippen LogP) is 4.46. The molecule has 0 bridgehead atoms. The van der Waals surface area contributed by atoms with Gasteiger partial charge >= 0.3 is 5.97 Å². The van der Waals surface area contributed by atoms with E-state index >= 15 is 0 Å². The molecule has 1 unspecified atom stereocenters. The first-order valence-electron chi connectivity index (χ1n) is 11.2. The number of ether oxygens (including phenoxy) is 3. The summed E-state index contributed by atoms with van der Waals surface area (Å²) >= 11 is 0. The lowest BCUT2D eigenvalue weighted by molar-refractivity contribution is -0.140. The van der Waals surface area contributed by atoms with Crippen molar-refractivity contribution >= 4 is 17.5 Å². The SMILES string of the molecule is CCCc1c(OCCC2Cc3cc(C(=O)CCC(=O)OC)ccc3O2)ccc(C(C)=O)c1O. The number of fused-ring (bicyclic) bond motifs is 1. The van der Waals surface area contributed by atoms with Crippen molar-refractivity contribution < 1.29 is 33.7 Å². The van der Waals surface area contributed by atoms with Crippen molar-refractivity contribution in [3.05, 3.63) is 52.6 Å². The molecule has 1 aliphatic rings. The molecule has 0 aliphatic carbocycles. The van der Waals surface area contributed by atoms with E-state index in [-0.39, 0.29) is 36.3 Å². The Morgan fingerprint density at radius 2 is 1.94 bits per heavy atom. The highest BCUT2D eigenvalue weighted by Crippen LogP contribution is 2.34. The number of carbonyl (C=O) groups is 3. The monoisotopic (exact) mass is 454 g/mol. The van der Waals surface area contributed by atoms with E-state index in [1.165, 1.54) is 14.0 Å². The third kappa shape index (κ3) is 5.92. The van der Waals surface area contributed by atoms with Gasteiger partial charge in [0, 0.05) is 30.4 Å². The van der Waals surface area contributed by atoms with Gasteiger partial charge in [0.05, 0.1) is 25.7 Å². The maximum atomic E-state index is 12.3. The van der Waals surface area contributed by atoms with Crippen LogP contribution in [0.1, 0.15) is 71.4 Å². The number of rotatable bonds is 11. The first-order chi connectivity index (χ1) is 15.8. The van der Waals surface area contributed by atoms with Crippen LogP contribution in [0.4, 0.5) is 0 Å². The van der Waals surface area contributed by atoms with Gasteiger partial charge in [-0.2, -0.15) is 0 Å². The van der Waals surface area contributed by atoms with Crippen LogP contribution >= 0.6 is 0 Å². The number of ketones is 2. The third-order valence-corrected chi connectivity index (χ3v) is 5.72. The Hall–Kier alpha value is -3.35. The molecule has 0 amide bonds. The number of Topliss-reactive ketones (excluding diaryl/α,β-unsaturated/α-hetero) is 2. The first-order valence-corrected chi connectivity index (χ1v) is 11.2. The summed E-state index contributed by atoms with van der Waals surface area (Å²) in [6.45, 7) is 3.82. The number of benzene rings is 2. The summed E-state index contributed by atoms with van der Waals surface area (Å²) in [6, 6.07) is 8.66. The van der Waals surface area contributed by atoms with Crippen LogP contribution in [-0.4, -0.2) is 42.5 Å². The molecule has 1 aliphatic heterocycles. The number of hydrogen-bond acceptors (Lipinski definition) is 7.